The number of nitrogens with zero attached hydrogens (tertiary/aromatic N) is 5. The molecule has 2 aromatic heterocycles. The summed E-state index contributed by atoms with van der Waals surface area (Å²) in [5.41, 5.74) is 3.77. The van der Waals surface area contributed by atoms with Crippen LogP contribution in [-0.4, -0.2) is 68.4 Å². The maximum absolute atomic E-state index is 12.9. The number of thioether (sulfide) groups is 1. The second-order valence-electron chi connectivity index (χ2n) is 8.77. The van der Waals surface area contributed by atoms with Gasteiger partial charge in [-0.25, -0.2) is 4.98 Å². The summed E-state index contributed by atoms with van der Waals surface area (Å²) in [4.78, 5) is 19.6. The van der Waals surface area contributed by atoms with Gasteiger partial charge in [-0.3, -0.25) is 4.79 Å². The number of fused-ring (bicyclic) bond motifs is 3. The molecule has 6 rings (SSSR count). The van der Waals surface area contributed by atoms with Gasteiger partial charge in [0.15, 0.2) is 11.4 Å². The van der Waals surface area contributed by atoms with Crippen molar-refractivity contribution < 1.29 is 14.3 Å². The number of para-hydroxylation sites is 1. The van der Waals surface area contributed by atoms with Crippen LogP contribution < -0.4 is 0 Å². The topological polar surface area (TPSA) is 82.4 Å². The molecule has 8 nitrogen and oxygen atoms in total. The van der Waals surface area contributed by atoms with Crippen LogP contribution >= 0.6 is 27.7 Å². The third kappa shape index (κ3) is 4.55. The van der Waals surface area contributed by atoms with Gasteiger partial charge in [0, 0.05) is 42.3 Å². The first-order valence-corrected chi connectivity index (χ1v) is 13.4. The van der Waals surface area contributed by atoms with Gasteiger partial charge in [-0.2, -0.15) is 0 Å². The van der Waals surface area contributed by atoms with Gasteiger partial charge >= 0.3 is 0 Å². The van der Waals surface area contributed by atoms with E-state index in [1.165, 1.54) is 11.8 Å². The zero-order valence-electron chi connectivity index (χ0n) is 19.0. The monoisotopic (exact) mass is 553 g/mol. The van der Waals surface area contributed by atoms with Crippen molar-refractivity contribution in [3.8, 4) is 0 Å². The minimum Gasteiger partial charge on any atom is -0.347 e. The normalized spacial score (nSPS) is 17.6. The lowest BCUT2D eigenvalue weighted by molar-refractivity contribution is -0.186. The molecule has 1 amide bonds. The Labute approximate surface area is 215 Å². The van der Waals surface area contributed by atoms with Crippen molar-refractivity contribution in [1.82, 2.24) is 24.6 Å². The Morgan fingerprint density at radius 2 is 1.77 bits per heavy atom. The fourth-order valence-electron chi connectivity index (χ4n) is 4.78. The molecule has 2 aliphatic heterocycles. The number of benzene rings is 2. The molecule has 0 saturated carbocycles. The van der Waals surface area contributed by atoms with Crippen LogP contribution in [0.2, 0.25) is 0 Å². The Hall–Kier alpha value is -2.53. The quantitative estimate of drug-likeness (QED) is 0.341. The van der Waals surface area contributed by atoms with E-state index in [1.807, 2.05) is 35.2 Å². The summed E-state index contributed by atoms with van der Waals surface area (Å²) in [6, 6.07) is 16.4. The maximum atomic E-state index is 12.9. The number of carbonyl (C=O) groups excluding carboxylic acids is 1. The van der Waals surface area contributed by atoms with Crippen molar-refractivity contribution in [2.75, 3.05) is 32.1 Å². The van der Waals surface area contributed by atoms with Crippen molar-refractivity contribution in [3.63, 3.8) is 0 Å². The van der Waals surface area contributed by atoms with Gasteiger partial charge in [-0.1, -0.05) is 58.0 Å². The average molecular weight is 554 g/mol. The standard InChI is InChI=1S/C25H24BrN5O3S/c26-18-7-5-17(6-8-18)15-31-20-4-2-1-3-19(20)22-23(31)27-24(29-28-22)35-16-21(32)30-11-9-25(10-12-30)33-13-14-34-25/h1-8H,9-16H2. The number of hydrogen-bond acceptors (Lipinski definition) is 7. The maximum Gasteiger partial charge on any atom is 0.233 e. The molecule has 0 atom stereocenters. The van der Waals surface area contributed by atoms with E-state index >= 15 is 0 Å². The molecule has 0 aliphatic carbocycles. The first-order valence-electron chi connectivity index (χ1n) is 11.6. The molecule has 2 aliphatic rings. The molecule has 10 heteroatoms. The average Bonchev–Trinajstić information content (AvgIpc) is 3.47. The molecule has 1 spiro atoms. The highest BCUT2D eigenvalue weighted by molar-refractivity contribution is 9.10. The second-order valence-corrected chi connectivity index (χ2v) is 10.6. The Balaban J connectivity index is 1.21. The number of amides is 1. The van der Waals surface area contributed by atoms with Crippen LogP contribution in [0.1, 0.15) is 18.4 Å². The van der Waals surface area contributed by atoms with Gasteiger partial charge in [0.25, 0.3) is 0 Å². The largest absolute Gasteiger partial charge is 0.347 e. The molecule has 180 valence electrons. The van der Waals surface area contributed by atoms with Crippen LogP contribution in [-0.2, 0) is 20.8 Å². The van der Waals surface area contributed by atoms with Crippen LogP contribution in [0.25, 0.3) is 22.1 Å². The summed E-state index contributed by atoms with van der Waals surface area (Å²) in [7, 11) is 0. The summed E-state index contributed by atoms with van der Waals surface area (Å²) >= 11 is 4.83. The highest BCUT2D eigenvalue weighted by Gasteiger charge is 2.40. The van der Waals surface area contributed by atoms with Crippen LogP contribution in [0.4, 0.5) is 0 Å². The number of piperidine rings is 1. The van der Waals surface area contributed by atoms with E-state index in [4.69, 9.17) is 14.5 Å². The minimum atomic E-state index is -0.482. The van der Waals surface area contributed by atoms with E-state index in [0.717, 1.165) is 32.1 Å². The smallest absolute Gasteiger partial charge is 0.233 e. The predicted molar refractivity (Wildman–Crippen MR) is 137 cm³/mol. The number of hydrogen-bond donors (Lipinski definition) is 0. The van der Waals surface area contributed by atoms with Crippen molar-refractivity contribution in [1.29, 1.82) is 0 Å². The highest BCUT2D eigenvalue weighted by Crippen LogP contribution is 2.32. The number of ether oxygens (including phenoxy) is 2. The van der Waals surface area contributed by atoms with Crippen molar-refractivity contribution in [2.45, 2.75) is 30.3 Å². The minimum absolute atomic E-state index is 0.0713. The van der Waals surface area contributed by atoms with Crippen LogP contribution in [0.15, 0.2) is 58.2 Å². The van der Waals surface area contributed by atoms with E-state index in [9.17, 15) is 4.79 Å². The molecule has 2 aromatic carbocycles. The van der Waals surface area contributed by atoms with Gasteiger partial charge in [0.1, 0.15) is 5.52 Å². The van der Waals surface area contributed by atoms with Crippen LogP contribution in [0.5, 0.6) is 0 Å². The van der Waals surface area contributed by atoms with Crippen LogP contribution in [0.3, 0.4) is 0 Å². The molecule has 2 fully saturated rings. The lowest BCUT2D eigenvalue weighted by Crippen LogP contribution is -2.47. The van der Waals surface area contributed by atoms with Gasteiger partial charge in [-0.05, 0) is 23.8 Å². The number of halogens is 1. The lowest BCUT2D eigenvalue weighted by atomic mass is 10.0. The fourth-order valence-corrected chi connectivity index (χ4v) is 5.73. The van der Waals surface area contributed by atoms with Crippen LogP contribution in [0, 0.1) is 0 Å². The lowest BCUT2D eigenvalue weighted by Gasteiger charge is -2.37. The zero-order chi connectivity index (χ0) is 23.8. The number of carbonyl (C=O) groups is 1. The molecule has 0 N–H and O–H groups in total. The number of likely N-dealkylation sites (tertiary alicyclic amines) is 1. The third-order valence-electron chi connectivity index (χ3n) is 6.62. The van der Waals surface area contributed by atoms with E-state index in [2.05, 4.69) is 48.9 Å². The zero-order valence-corrected chi connectivity index (χ0v) is 21.4. The molecule has 4 heterocycles. The Morgan fingerprint density at radius 1 is 1.03 bits per heavy atom. The summed E-state index contributed by atoms with van der Waals surface area (Å²) in [5.74, 6) is -0.138. The van der Waals surface area contributed by atoms with Crippen molar-refractivity contribution in [3.05, 3.63) is 58.6 Å². The first-order chi connectivity index (χ1) is 17.1. The second kappa shape index (κ2) is 9.50. The molecule has 2 saturated heterocycles. The van der Waals surface area contributed by atoms with Gasteiger partial charge in [-0.15, -0.1) is 10.2 Å². The summed E-state index contributed by atoms with van der Waals surface area (Å²) in [6.07, 6.45) is 1.42. The van der Waals surface area contributed by atoms with Gasteiger partial charge < -0.3 is 18.9 Å². The summed E-state index contributed by atoms with van der Waals surface area (Å²) < 4.78 is 14.7. The highest BCUT2D eigenvalue weighted by atomic mass is 79.9. The first kappa shape index (κ1) is 22.9. The molecule has 0 unspecified atom stereocenters. The van der Waals surface area contributed by atoms with Crippen molar-refractivity contribution in [2.24, 2.45) is 0 Å². The van der Waals surface area contributed by atoms with Gasteiger partial charge in [0.2, 0.25) is 11.1 Å². The predicted octanol–water partition coefficient (Wildman–Crippen LogP) is 4.25. The summed E-state index contributed by atoms with van der Waals surface area (Å²) in [5, 5.41) is 10.4. The van der Waals surface area contributed by atoms with Crippen molar-refractivity contribution >= 4 is 55.7 Å². The molecule has 35 heavy (non-hydrogen) atoms. The SMILES string of the molecule is O=C(CSc1nnc2c3ccccc3n(Cc3ccc(Br)cc3)c2n1)N1CCC2(CC1)OCCO2. The Bertz CT molecular complexity index is 1380. The fraction of sp³-hybridized carbons (Fsp3) is 0.360. The Morgan fingerprint density at radius 3 is 2.54 bits per heavy atom. The molecular formula is C25H24BrN5O3S. The number of aromatic nitrogens is 4. The molecule has 4 aromatic rings. The van der Waals surface area contributed by atoms with Gasteiger partial charge in [0.05, 0.1) is 24.5 Å². The van der Waals surface area contributed by atoms with E-state index < -0.39 is 5.79 Å². The van der Waals surface area contributed by atoms with E-state index in [1.54, 1.807) is 0 Å². The molecular weight excluding hydrogens is 530 g/mol. The third-order valence-corrected chi connectivity index (χ3v) is 7.98. The Kier molecular flexibility index (Phi) is 6.21. The van der Waals surface area contributed by atoms with E-state index in [0.29, 0.717) is 50.8 Å². The van der Waals surface area contributed by atoms with E-state index in [-0.39, 0.29) is 11.7 Å². The molecule has 0 radical (unpaired) electrons. The summed E-state index contributed by atoms with van der Waals surface area (Å²) in [6.45, 7) is 3.21. The number of rotatable bonds is 5. The molecule has 0 bridgehead atoms.